The predicted molar refractivity (Wildman–Crippen MR) is 52.6 cm³/mol. The highest BCUT2D eigenvalue weighted by Crippen LogP contribution is 2.33. The first kappa shape index (κ1) is 11.0. The number of carbonyl (C=O) groups is 1. The molecule has 1 heterocycles. The van der Waals surface area contributed by atoms with Crippen LogP contribution >= 0.6 is 22.6 Å². The second kappa shape index (κ2) is 4.40. The number of ether oxygens (including phenoxy) is 2. The van der Waals surface area contributed by atoms with Crippen LogP contribution in [0, 0.1) is 0 Å². The van der Waals surface area contributed by atoms with Crippen molar-refractivity contribution in [2.75, 3.05) is 14.2 Å². The summed E-state index contributed by atoms with van der Waals surface area (Å²) in [5.74, 6) is -1.26. The highest BCUT2D eigenvalue weighted by molar-refractivity contribution is 14.1. The quantitative estimate of drug-likeness (QED) is 0.440. The van der Waals surface area contributed by atoms with Gasteiger partial charge >= 0.3 is 11.9 Å². The van der Waals surface area contributed by atoms with Crippen molar-refractivity contribution in [1.29, 1.82) is 0 Å². The van der Waals surface area contributed by atoms with Crippen molar-refractivity contribution in [3.63, 3.8) is 0 Å². The van der Waals surface area contributed by atoms with Gasteiger partial charge in [-0.05, 0) is 22.6 Å². The predicted octanol–water partition coefficient (Wildman–Crippen LogP) is 1.52. The molecule has 0 aliphatic carbocycles. The van der Waals surface area contributed by atoms with E-state index in [1.54, 1.807) is 22.6 Å². The fourth-order valence-electron chi connectivity index (χ4n) is 0.754. The van der Waals surface area contributed by atoms with Gasteiger partial charge in [0.25, 0.3) is 0 Å². The number of allylic oxidation sites excluding steroid dienone is 1. The first-order valence-electron chi connectivity index (χ1n) is 3.47. The van der Waals surface area contributed by atoms with Crippen molar-refractivity contribution in [2.45, 2.75) is 0 Å². The molecule has 1 radical (unpaired) electrons. The fourth-order valence-corrected chi connectivity index (χ4v) is 1.41. The number of esters is 1. The van der Waals surface area contributed by atoms with Gasteiger partial charge in [0.15, 0.2) is 11.4 Å². The minimum atomic E-state index is -0.628. The van der Waals surface area contributed by atoms with Crippen LogP contribution in [-0.4, -0.2) is 20.2 Å². The van der Waals surface area contributed by atoms with Crippen LogP contribution in [0.2, 0.25) is 0 Å². The zero-order chi connectivity index (χ0) is 10.7. The van der Waals surface area contributed by atoms with Crippen molar-refractivity contribution in [3.05, 3.63) is 20.9 Å². The number of nitrogens with zero attached hydrogens (tertiary/aromatic N) is 2. The number of hydrogen-bond donors (Lipinski definition) is 0. The van der Waals surface area contributed by atoms with Gasteiger partial charge in [-0.15, -0.1) is 10.2 Å². The Balaban J connectivity index is 3.09. The van der Waals surface area contributed by atoms with Crippen molar-refractivity contribution in [3.8, 4) is 0 Å². The molecule has 75 valence electrons. The van der Waals surface area contributed by atoms with E-state index in [1.165, 1.54) is 14.2 Å². The molecule has 0 N–H and O–H groups in total. The van der Waals surface area contributed by atoms with Gasteiger partial charge in [0, 0.05) is 0 Å². The summed E-state index contributed by atoms with van der Waals surface area (Å²) >= 11 is 1.79. The average Bonchev–Trinajstić information content (AvgIpc) is 2.58. The van der Waals surface area contributed by atoms with Crippen LogP contribution in [-0.2, 0) is 19.4 Å². The molecule has 0 atom stereocenters. The standard InChI is InChI=1S/C7H6IN2O4/c1-13-6(11)4-3(8)5(10-9-4)7(12)14-2/h1-2H3. The second-order valence-electron chi connectivity index (χ2n) is 2.19. The summed E-state index contributed by atoms with van der Waals surface area (Å²) in [4.78, 5) is 11.1. The molecule has 7 heteroatoms. The largest absolute Gasteiger partial charge is 0.464 e. The van der Waals surface area contributed by atoms with Crippen molar-refractivity contribution >= 4 is 28.6 Å². The Morgan fingerprint density at radius 1 is 1.29 bits per heavy atom. The molecule has 0 aromatic rings. The van der Waals surface area contributed by atoms with Crippen molar-refractivity contribution in [1.82, 2.24) is 0 Å². The minimum Gasteiger partial charge on any atom is -0.464 e. The van der Waals surface area contributed by atoms with E-state index in [4.69, 9.17) is 0 Å². The molecule has 1 aliphatic rings. The lowest BCUT2D eigenvalue weighted by molar-refractivity contribution is -0.136. The molecule has 0 aromatic carbocycles. The van der Waals surface area contributed by atoms with E-state index in [-0.39, 0.29) is 11.4 Å². The Morgan fingerprint density at radius 2 is 1.93 bits per heavy atom. The summed E-state index contributed by atoms with van der Waals surface area (Å²) in [7, 11) is 2.45. The highest BCUT2D eigenvalue weighted by atomic mass is 127. The number of rotatable bonds is 2. The molecule has 14 heavy (non-hydrogen) atoms. The summed E-state index contributed by atoms with van der Waals surface area (Å²) < 4.78 is 9.23. The van der Waals surface area contributed by atoms with E-state index in [0.29, 0.717) is 3.58 Å². The first-order valence-corrected chi connectivity index (χ1v) is 4.55. The first-order chi connectivity index (χ1) is 6.61. The lowest BCUT2D eigenvalue weighted by Gasteiger charge is -1.97. The molecule has 0 amide bonds. The third-order valence-corrected chi connectivity index (χ3v) is 2.45. The van der Waals surface area contributed by atoms with E-state index >= 15 is 0 Å². The Morgan fingerprint density at radius 3 is 2.43 bits per heavy atom. The van der Waals surface area contributed by atoms with E-state index in [0.717, 1.165) is 0 Å². The van der Waals surface area contributed by atoms with Crippen LogP contribution < -0.4 is 0 Å². The lowest BCUT2D eigenvalue weighted by Crippen LogP contribution is -2.02. The topological polar surface area (TPSA) is 80.2 Å². The van der Waals surface area contributed by atoms with E-state index < -0.39 is 11.9 Å². The molecule has 0 aromatic heterocycles. The SMILES string of the molecule is COC(=O)C1=C(I)C(=C([O])OC)N=N1. The Labute approximate surface area is 93.4 Å². The van der Waals surface area contributed by atoms with E-state index in [9.17, 15) is 9.90 Å². The molecule has 6 nitrogen and oxygen atoms in total. The zero-order valence-corrected chi connectivity index (χ0v) is 9.56. The van der Waals surface area contributed by atoms with Gasteiger partial charge in [0.1, 0.15) is 0 Å². The van der Waals surface area contributed by atoms with E-state index in [2.05, 4.69) is 19.7 Å². The zero-order valence-electron chi connectivity index (χ0n) is 7.41. The van der Waals surface area contributed by atoms with Gasteiger partial charge in [-0.3, -0.25) is 0 Å². The second-order valence-corrected chi connectivity index (χ2v) is 3.27. The van der Waals surface area contributed by atoms with Crippen molar-refractivity contribution < 1.29 is 19.4 Å². The van der Waals surface area contributed by atoms with Gasteiger partial charge < -0.3 is 9.47 Å². The molecular formula is C7H6IN2O4. The van der Waals surface area contributed by atoms with Crippen LogP contribution in [0.4, 0.5) is 0 Å². The summed E-state index contributed by atoms with van der Waals surface area (Å²) in [6.45, 7) is 0. The van der Waals surface area contributed by atoms with Crippen LogP contribution in [0.5, 0.6) is 0 Å². The Kier molecular flexibility index (Phi) is 3.44. The van der Waals surface area contributed by atoms with Crippen molar-refractivity contribution in [2.24, 2.45) is 10.2 Å². The molecule has 0 saturated heterocycles. The monoisotopic (exact) mass is 309 g/mol. The molecule has 0 fully saturated rings. The summed E-state index contributed by atoms with van der Waals surface area (Å²) in [6.07, 6.45) is 0. The number of hydrogen-bond acceptors (Lipinski definition) is 5. The van der Waals surface area contributed by atoms with E-state index in [1.807, 2.05) is 0 Å². The number of methoxy groups -OCH3 is 2. The maximum atomic E-state index is 11.1. The molecule has 1 rings (SSSR count). The third kappa shape index (κ3) is 1.86. The lowest BCUT2D eigenvalue weighted by atomic mass is 10.3. The fraction of sp³-hybridized carbons (Fsp3) is 0.286. The summed E-state index contributed by atoms with van der Waals surface area (Å²) in [5.41, 5.74) is 0.0435. The molecule has 0 unspecified atom stereocenters. The average molecular weight is 309 g/mol. The van der Waals surface area contributed by atoms with Crippen LogP contribution in [0.15, 0.2) is 31.1 Å². The maximum Gasteiger partial charge on any atom is 0.359 e. The Hall–Kier alpha value is -1.12. The number of azo groups is 1. The normalized spacial score (nSPS) is 18.5. The molecule has 0 bridgehead atoms. The summed E-state index contributed by atoms with van der Waals surface area (Å²) in [6, 6.07) is 0. The molecule has 0 spiro atoms. The van der Waals surface area contributed by atoms with Gasteiger partial charge in [0.2, 0.25) is 0 Å². The van der Waals surface area contributed by atoms with Crippen LogP contribution in [0.1, 0.15) is 0 Å². The maximum absolute atomic E-state index is 11.1. The molecule has 0 saturated carbocycles. The number of carbonyl (C=O) groups excluding carboxylic acids is 1. The van der Waals surface area contributed by atoms with Crippen LogP contribution in [0.3, 0.4) is 0 Å². The Bertz CT molecular complexity index is 359. The smallest absolute Gasteiger partial charge is 0.359 e. The molecular weight excluding hydrogens is 303 g/mol. The van der Waals surface area contributed by atoms with Crippen LogP contribution in [0.25, 0.3) is 0 Å². The van der Waals surface area contributed by atoms with Gasteiger partial charge in [-0.2, -0.15) is 0 Å². The van der Waals surface area contributed by atoms with Gasteiger partial charge in [-0.25, -0.2) is 9.90 Å². The number of halogens is 1. The highest BCUT2D eigenvalue weighted by Gasteiger charge is 2.26. The van der Waals surface area contributed by atoms with Gasteiger partial charge in [0.05, 0.1) is 17.8 Å². The van der Waals surface area contributed by atoms with Gasteiger partial charge in [-0.1, -0.05) is 0 Å². The molecule has 1 aliphatic heterocycles. The third-order valence-electron chi connectivity index (χ3n) is 1.42. The minimum absolute atomic E-state index is 0.0218. The summed E-state index contributed by atoms with van der Waals surface area (Å²) in [5, 5.41) is 18.1.